The Morgan fingerprint density at radius 2 is 2.19 bits per heavy atom. The SMILES string of the molecule is COc1cc([N+](=O)[O-])ccc1NC(=O)c1n[nH]c(Br)c1Br. The third-order valence-corrected chi connectivity index (χ3v) is 4.40. The van der Waals surface area contributed by atoms with E-state index in [0.717, 1.165) is 0 Å². The maximum absolute atomic E-state index is 12.1. The Bertz CT molecular complexity index is 716. The van der Waals surface area contributed by atoms with E-state index in [4.69, 9.17) is 4.74 Å². The van der Waals surface area contributed by atoms with Crippen LogP contribution >= 0.6 is 31.9 Å². The molecular formula is C11H8Br2N4O4. The molecule has 0 saturated heterocycles. The second-order valence-electron chi connectivity index (χ2n) is 3.80. The number of benzene rings is 1. The number of halogens is 2. The summed E-state index contributed by atoms with van der Waals surface area (Å²) >= 11 is 6.39. The molecule has 0 aliphatic carbocycles. The van der Waals surface area contributed by atoms with Gasteiger partial charge in [0, 0.05) is 6.07 Å². The van der Waals surface area contributed by atoms with Gasteiger partial charge in [0.2, 0.25) is 0 Å². The van der Waals surface area contributed by atoms with Crippen molar-refractivity contribution in [3.63, 3.8) is 0 Å². The molecular weight excluding hydrogens is 412 g/mol. The molecule has 0 fully saturated rings. The summed E-state index contributed by atoms with van der Waals surface area (Å²) in [5, 5.41) is 19.7. The van der Waals surface area contributed by atoms with Gasteiger partial charge < -0.3 is 10.1 Å². The molecule has 0 atom stereocenters. The van der Waals surface area contributed by atoms with E-state index >= 15 is 0 Å². The molecule has 0 radical (unpaired) electrons. The molecule has 0 unspecified atom stereocenters. The molecule has 1 heterocycles. The molecule has 110 valence electrons. The third-order valence-electron chi connectivity index (χ3n) is 2.53. The smallest absolute Gasteiger partial charge is 0.277 e. The monoisotopic (exact) mass is 418 g/mol. The van der Waals surface area contributed by atoms with Crippen LogP contribution in [0.25, 0.3) is 0 Å². The molecule has 8 nitrogen and oxygen atoms in total. The Balaban J connectivity index is 2.29. The van der Waals surface area contributed by atoms with Crippen molar-refractivity contribution in [1.29, 1.82) is 0 Å². The highest BCUT2D eigenvalue weighted by Crippen LogP contribution is 2.30. The van der Waals surface area contributed by atoms with Crippen LogP contribution in [0.15, 0.2) is 27.3 Å². The van der Waals surface area contributed by atoms with Crippen LogP contribution in [0.5, 0.6) is 5.75 Å². The molecule has 2 N–H and O–H groups in total. The topological polar surface area (TPSA) is 110 Å². The highest BCUT2D eigenvalue weighted by molar-refractivity contribution is 9.13. The minimum atomic E-state index is -0.546. The summed E-state index contributed by atoms with van der Waals surface area (Å²) in [7, 11) is 1.36. The van der Waals surface area contributed by atoms with Crippen LogP contribution in [0.1, 0.15) is 10.5 Å². The molecule has 1 aromatic heterocycles. The molecule has 0 aliphatic rings. The van der Waals surface area contributed by atoms with E-state index in [1.807, 2.05) is 0 Å². The van der Waals surface area contributed by atoms with Crippen molar-refractivity contribution < 1.29 is 14.5 Å². The number of nitrogens with one attached hydrogen (secondary N) is 2. The molecule has 10 heteroatoms. The van der Waals surface area contributed by atoms with Gasteiger partial charge in [-0.05, 0) is 37.9 Å². The number of aromatic amines is 1. The zero-order valence-corrected chi connectivity index (χ0v) is 13.7. The van der Waals surface area contributed by atoms with E-state index in [2.05, 4.69) is 47.4 Å². The predicted octanol–water partition coefficient (Wildman–Crippen LogP) is 3.10. The van der Waals surface area contributed by atoms with E-state index in [9.17, 15) is 14.9 Å². The van der Waals surface area contributed by atoms with Gasteiger partial charge in [0.1, 0.15) is 10.4 Å². The minimum Gasteiger partial charge on any atom is -0.494 e. The maximum atomic E-state index is 12.1. The summed E-state index contributed by atoms with van der Waals surface area (Å²) in [6.45, 7) is 0. The van der Waals surface area contributed by atoms with Crippen molar-refractivity contribution in [2.75, 3.05) is 12.4 Å². The number of ether oxygens (including phenoxy) is 1. The second-order valence-corrected chi connectivity index (χ2v) is 5.38. The van der Waals surface area contributed by atoms with E-state index in [0.29, 0.717) is 14.8 Å². The highest BCUT2D eigenvalue weighted by atomic mass is 79.9. The minimum absolute atomic E-state index is 0.131. The average Bonchev–Trinajstić information content (AvgIpc) is 2.79. The van der Waals surface area contributed by atoms with Crippen LogP contribution in [0.3, 0.4) is 0 Å². The summed E-state index contributed by atoms with van der Waals surface area (Å²) in [5.41, 5.74) is 0.315. The Morgan fingerprint density at radius 3 is 2.71 bits per heavy atom. The molecule has 2 rings (SSSR count). The molecule has 1 amide bonds. The zero-order valence-electron chi connectivity index (χ0n) is 10.5. The van der Waals surface area contributed by atoms with Crippen molar-refractivity contribution in [1.82, 2.24) is 10.2 Å². The molecule has 1 aromatic carbocycles. The number of H-pyrrole nitrogens is 1. The van der Waals surface area contributed by atoms with E-state index in [-0.39, 0.29) is 17.1 Å². The Morgan fingerprint density at radius 1 is 1.48 bits per heavy atom. The predicted molar refractivity (Wildman–Crippen MR) is 81.6 cm³/mol. The number of hydrogen-bond acceptors (Lipinski definition) is 5. The van der Waals surface area contributed by atoms with Crippen molar-refractivity contribution >= 4 is 49.1 Å². The summed E-state index contributed by atoms with van der Waals surface area (Å²) < 4.78 is 6.04. The van der Waals surface area contributed by atoms with Crippen molar-refractivity contribution in [3.05, 3.63) is 43.1 Å². The molecule has 0 spiro atoms. The molecule has 2 aromatic rings. The van der Waals surface area contributed by atoms with Crippen LogP contribution in [0, 0.1) is 10.1 Å². The van der Waals surface area contributed by atoms with Crippen LogP contribution in [0.2, 0.25) is 0 Å². The number of nitrogens with zero attached hydrogens (tertiary/aromatic N) is 2. The number of nitro benzene ring substituents is 1. The first-order valence-electron chi connectivity index (χ1n) is 5.47. The van der Waals surface area contributed by atoms with Crippen LogP contribution in [0.4, 0.5) is 11.4 Å². The van der Waals surface area contributed by atoms with Gasteiger partial charge in [-0.25, -0.2) is 0 Å². The highest BCUT2D eigenvalue weighted by Gasteiger charge is 2.19. The first-order valence-corrected chi connectivity index (χ1v) is 7.05. The van der Waals surface area contributed by atoms with Gasteiger partial charge in [0.05, 0.1) is 28.3 Å². The number of carbonyl (C=O) groups excluding carboxylic acids is 1. The molecule has 0 aliphatic heterocycles. The number of amides is 1. The van der Waals surface area contributed by atoms with Gasteiger partial charge in [-0.15, -0.1) is 0 Å². The summed E-state index contributed by atoms with van der Waals surface area (Å²) in [5.74, 6) is -0.306. The quantitative estimate of drug-likeness (QED) is 0.584. The number of non-ortho nitro benzene ring substituents is 1. The summed E-state index contributed by atoms with van der Waals surface area (Å²) in [6, 6.07) is 3.89. The lowest BCUT2D eigenvalue weighted by molar-refractivity contribution is -0.384. The first kappa shape index (κ1) is 15.4. The number of methoxy groups -OCH3 is 1. The largest absolute Gasteiger partial charge is 0.494 e. The number of nitro groups is 1. The van der Waals surface area contributed by atoms with Crippen LogP contribution in [-0.2, 0) is 0 Å². The van der Waals surface area contributed by atoms with E-state index in [1.165, 1.54) is 25.3 Å². The van der Waals surface area contributed by atoms with Gasteiger partial charge in [-0.3, -0.25) is 20.0 Å². The number of anilines is 1. The first-order chi connectivity index (χ1) is 9.93. The number of hydrogen-bond donors (Lipinski definition) is 2. The normalized spacial score (nSPS) is 10.2. The van der Waals surface area contributed by atoms with Gasteiger partial charge in [-0.1, -0.05) is 0 Å². The second kappa shape index (κ2) is 6.22. The van der Waals surface area contributed by atoms with Crippen LogP contribution in [-0.4, -0.2) is 28.1 Å². The Hall–Kier alpha value is -1.94. The lowest BCUT2D eigenvalue weighted by Crippen LogP contribution is -2.13. The number of rotatable bonds is 4. The lowest BCUT2D eigenvalue weighted by atomic mass is 10.2. The fourth-order valence-corrected chi connectivity index (χ4v) is 2.17. The maximum Gasteiger partial charge on any atom is 0.277 e. The van der Waals surface area contributed by atoms with Crippen LogP contribution < -0.4 is 10.1 Å². The fourth-order valence-electron chi connectivity index (χ4n) is 1.54. The molecule has 21 heavy (non-hydrogen) atoms. The van der Waals surface area contributed by atoms with Gasteiger partial charge in [0.25, 0.3) is 11.6 Å². The lowest BCUT2D eigenvalue weighted by Gasteiger charge is -2.09. The third kappa shape index (κ3) is 3.22. The van der Waals surface area contributed by atoms with Crippen molar-refractivity contribution in [3.8, 4) is 5.75 Å². The van der Waals surface area contributed by atoms with E-state index < -0.39 is 10.8 Å². The molecule has 0 bridgehead atoms. The summed E-state index contributed by atoms with van der Waals surface area (Å²) in [4.78, 5) is 22.3. The standard InChI is InChI=1S/C11H8Br2N4O4/c1-21-7-4-5(17(19)20)2-3-6(7)14-11(18)9-8(12)10(13)16-15-9/h2-4H,1H3,(H,14,18)(H,15,16). The van der Waals surface area contributed by atoms with E-state index in [1.54, 1.807) is 0 Å². The fraction of sp³-hybridized carbons (Fsp3) is 0.0909. The Kier molecular flexibility index (Phi) is 4.58. The van der Waals surface area contributed by atoms with Gasteiger partial charge in [-0.2, -0.15) is 5.10 Å². The van der Waals surface area contributed by atoms with Crippen molar-refractivity contribution in [2.45, 2.75) is 0 Å². The van der Waals surface area contributed by atoms with Gasteiger partial charge >= 0.3 is 0 Å². The zero-order chi connectivity index (χ0) is 15.6. The average molecular weight is 420 g/mol. The van der Waals surface area contributed by atoms with Crippen molar-refractivity contribution in [2.24, 2.45) is 0 Å². The summed E-state index contributed by atoms with van der Waals surface area (Å²) in [6.07, 6.45) is 0. The number of carbonyl (C=O) groups is 1. The number of aromatic nitrogens is 2. The molecule has 0 saturated carbocycles. The Labute approximate surface area is 135 Å². The van der Waals surface area contributed by atoms with Gasteiger partial charge in [0.15, 0.2) is 5.69 Å².